The van der Waals surface area contributed by atoms with Crippen LogP contribution in [0.2, 0.25) is 0 Å². The van der Waals surface area contributed by atoms with Gasteiger partial charge in [0.1, 0.15) is 0 Å². The van der Waals surface area contributed by atoms with Gasteiger partial charge in [-0.3, -0.25) is 0 Å². The molecule has 2 heteroatoms. The highest BCUT2D eigenvalue weighted by Gasteiger charge is 2.30. The van der Waals surface area contributed by atoms with E-state index in [2.05, 4.69) is 54.7 Å². The first-order chi connectivity index (χ1) is 9.40. The number of rotatable bonds is 4. The van der Waals surface area contributed by atoms with Gasteiger partial charge in [-0.1, -0.05) is 49.4 Å². The molecule has 2 atom stereocenters. The molecule has 1 fully saturated rings. The Hall–Kier alpha value is -1.38. The van der Waals surface area contributed by atoms with Crippen LogP contribution in [0.4, 0.5) is 0 Å². The van der Waals surface area contributed by atoms with Crippen molar-refractivity contribution in [3.05, 3.63) is 48.0 Å². The number of ether oxygens (including phenoxy) is 1. The van der Waals surface area contributed by atoms with E-state index in [1.807, 2.05) is 0 Å². The van der Waals surface area contributed by atoms with Crippen LogP contribution in [0.5, 0.6) is 0 Å². The fourth-order valence-corrected chi connectivity index (χ4v) is 3.01. The van der Waals surface area contributed by atoms with Crippen LogP contribution in [-0.4, -0.2) is 19.7 Å². The van der Waals surface area contributed by atoms with Crippen molar-refractivity contribution in [2.75, 3.05) is 19.7 Å². The van der Waals surface area contributed by atoms with Crippen molar-refractivity contribution in [1.82, 2.24) is 5.32 Å². The number of hydrogen-bond acceptors (Lipinski definition) is 2. The van der Waals surface area contributed by atoms with Gasteiger partial charge in [-0.05, 0) is 29.3 Å². The third-order valence-electron chi connectivity index (χ3n) is 4.00. The van der Waals surface area contributed by atoms with Gasteiger partial charge < -0.3 is 10.1 Å². The van der Waals surface area contributed by atoms with Gasteiger partial charge in [0.15, 0.2) is 0 Å². The summed E-state index contributed by atoms with van der Waals surface area (Å²) in [4.78, 5) is 0. The van der Waals surface area contributed by atoms with E-state index in [0.29, 0.717) is 5.92 Å². The summed E-state index contributed by atoms with van der Waals surface area (Å²) < 4.78 is 6.02. The fraction of sp³-hybridized carbons (Fsp3) is 0.412. The van der Waals surface area contributed by atoms with Gasteiger partial charge in [0.25, 0.3) is 0 Å². The van der Waals surface area contributed by atoms with E-state index in [9.17, 15) is 0 Å². The van der Waals surface area contributed by atoms with Crippen molar-refractivity contribution in [3.63, 3.8) is 0 Å². The van der Waals surface area contributed by atoms with Crippen LogP contribution in [0.1, 0.15) is 25.0 Å². The van der Waals surface area contributed by atoms with Crippen molar-refractivity contribution < 1.29 is 4.74 Å². The Morgan fingerprint density at radius 3 is 2.89 bits per heavy atom. The Labute approximate surface area is 114 Å². The number of nitrogens with one attached hydrogen (secondary N) is 1. The van der Waals surface area contributed by atoms with E-state index in [-0.39, 0.29) is 6.10 Å². The monoisotopic (exact) mass is 255 g/mol. The molecule has 0 aromatic heterocycles. The van der Waals surface area contributed by atoms with E-state index in [0.717, 1.165) is 26.1 Å². The maximum atomic E-state index is 6.02. The standard InChI is InChI=1S/C17H21NO/c1-2-18-12-14-10-11-19-17(14)16-9-5-7-13-6-3-4-8-15(13)16/h3-9,14,17-18H,2,10-12H2,1H3. The Kier molecular flexibility index (Phi) is 3.81. The van der Waals surface area contributed by atoms with Crippen LogP contribution in [-0.2, 0) is 4.74 Å². The first-order valence-electron chi connectivity index (χ1n) is 7.20. The minimum Gasteiger partial charge on any atom is -0.373 e. The van der Waals surface area contributed by atoms with Crippen molar-refractivity contribution in [2.45, 2.75) is 19.4 Å². The summed E-state index contributed by atoms with van der Waals surface area (Å²) in [5.74, 6) is 0.589. The molecule has 2 aromatic carbocycles. The largest absolute Gasteiger partial charge is 0.373 e. The third-order valence-corrected chi connectivity index (χ3v) is 4.00. The molecule has 3 rings (SSSR count). The fourth-order valence-electron chi connectivity index (χ4n) is 3.01. The molecule has 2 nitrogen and oxygen atoms in total. The smallest absolute Gasteiger partial charge is 0.0872 e. The second-order valence-electron chi connectivity index (χ2n) is 5.22. The van der Waals surface area contributed by atoms with Crippen molar-refractivity contribution in [1.29, 1.82) is 0 Å². The normalized spacial score (nSPS) is 23.0. The van der Waals surface area contributed by atoms with Crippen LogP contribution in [0.25, 0.3) is 10.8 Å². The molecule has 0 bridgehead atoms. The molecule has 0 saturated carbocycles. The summed E-state index contributed by atoms with van der Waals surface area (Å²) in [6.07, 6.45) is 1.39. The highest BCUT2D eigenvalue weighted by Crippen LogP contribution is 2.37. The van der Waals surface area contributed by atoms with Crippen molar-refractivity contribution in [3.8, 4) is 0 Å². The summed E-state index contributed by atoms with van der Waals surface area (Å²) in [5.41, 5.74) is 1.35. The van der Waals surface area contributed by atoms with Crippen LogP contribution >= 0.6 is 0 Å². The maximum Gasteiger partial charge on any atom is 0.0872 e. The number of fused-ring (bicyclic) bond motifs is 1. The van der Waals surface area contributed by atoms with Gasteiger partial charge in [0.2, 0.25) is 0 Å². The maximum absolute atomic E-state index is 6.02. The lowest BCUT2D eigenvalue weighted by atomic mass is 9.91. The van der Waals surface area contributed by atoms with Crippen LogP contribution in [0, 0.1) is 5.92 Å². The molecular weight excluding hydrogens is 234 g/mol. The molecule has 0 amide bonds. The molecule has 0 aliphatic carbocycles. The first-order valence-corrected chi connectivity index (χ1v) is 7.20. The lowest BCUT2D eigenvalue weighted by Crippen LogP contribution is -2.24. The van der Waals surface area contributed by atoms with E-state index < -0.39 is 0 Å². The van der Waals surface area contributed by atoms with Crippen LogP contribution in [0.3, 0.4) is 0 Å². The Bertz CT molecular complexity index is 546. The molecule has 1 saturated heterocycles. The minimum absolute atomic E-state index is 0.241. The molecule has 19 heavy (non-hydrogen) atoms. The number of benzene rings is 2. The van der Waals surface area contributed by atoms with Crippen LogP contribution < -0.4 is 5.32 Å². The summed E-state index contributed by atoms with van der Waals surface area (Å²) in [5, 5.41) is 6.09. The summed E-state index contributed by atoms with van der Waals surface area (Å²) in [6.45, 7) is 5.11. The zero-order chi connectivity index (χ0) is 13.1. The van der Waals surface area contributed by atoms with E-state index in [1.54, 1.807) is 0 Å². The van der Waals surface area contributed by atoms with Gasteiger partial charge in [-0.15, -0.1) is 0 Å². The topological polar surface area (TPSA) is 21.3 Å². The second kappa shape index (κ2) is 5.72. The van der Waals surface area contributed by atoms with Crippen LogP contribution in [0.15, 0.2) is 42.5 Å². The summed E-state index contributed by atoms with van der Waals surface area (Å²) in [6, 6.07) is 15.1. The second-order valence-corrected chi connectivity index (χ2v) is 5.22. The zero-order valence-corrected chi connectivity index (χ0v) is 11.4. The predicted molar refractivity (Wildman–Crippen MR) is 79.3 cm³/mol. The van der Waals surface area contributed by atoms with Gasteiger partial charge in [-0.25, -0.2) is 0 Å². The van der Waals surface area contributed by atoms with E-state index in [1.165, 1.54) is 16.3 Å². The number of hydrogen-bond donors (Lipinski definition) is 1. The van der Waals surface area contributed by atoms with Crippen molar-refractivity contribution >= 4 is 10.8 Å². The SMILES string of the molecule is CCNCC1CCOC1c1cccc2ccccc12. The lowest BCUT2D eigenvalue weighted by Gasteiger charge is -2.20. The van der Waals surface area contributed by atoms with Gasteiger partial charge in [0, 0.05) is 19.1 Å². The zero-order valence-electron chi connectivity index (χ0n) is 11.4. The highest BCUT2D eigenvalue weighted by atomic mass is 16.5. The molecule has 100 valence electrons. The molecule has 0 spiro atoms. The Morgan fingerprint density at radius 2 is 2.00 bits per heavy atom. The lowest BCUT2D eigenvalue weighted by molar-refractivity contribution is 0.0918. The quantitative estimate of drug-likeness (QED) is 0.902. The Balaban J connectivity index is 1.94. The average Bonchev–Trinajstić information content (AvgIpc) is 2.92. The van der Waals surface area contributed by atoms with Gasteiger partial charge in [0.05, 0.1) is 6.10 Å². The molecule has 1 heterocycles. The van der Waals surface area contributed by atoms with E-state index in [4.69, 9.17) is 4.74 Å². The Morgan fingerprint density at radius 1 is 1.16 bits per heavy atom. The molecule has 2 unspecified atom stereocenters. The predicted octanol–water partition coefficient (Wildman–Crippen LogP) is 3.53. The highest BCUT2D eigenvalue weighted by molar-refractivity contribution is 5.86. The van der Waals surface area contributed by atoms with Gasteiger partial charge >= 0.3 is 0 Å². The summed E-state index contributed by atoms with van der Waals surface area (Å²) >= 11 is 0. The minimum atomic E-state index is 0.241. The van der Waals surface area contributed by atoms with Gasteiger partial charge in [-0.2, -0.15) is 0 Å². The third kappa shape index (κ3) is 2.51. The van der Waals surface area contributed by atoms with Crippen molar-refractivity contribution in [2.24, 2.45) is 5.92 Å². The van der Waals surface area contributed by atoms with E-state index >= 15 is 0 Å². The molecule has 2 aromatic rings. The molecule has 0 radical (unpaired) electrons. The molecular formula is C17H21NO. The molecule has 1 N–H and O–H groups in total. The average molecular weight is 255 g/mol. The summed E-state index contributed by atoms with van der Waals surface area (Å²) in [7, 11) is 0. The molecule has 1 aliphatic heterocycles. The first kappa shape index (κ1) is 12.6. The molecule has 1 aliphatic rings.